The van der Waals surface area contributed by atoms with Crippen LogP contribution in [-0.4, -0.2) is 27.5 Å². The number of ether oxygens (including phenoxy) is 1. The third kappa shape index (κ3) is 4.18. The lowest BCUT2D eigenvalue weighted by Crippen LogP contribution is -2.16. The fraction of sp³-hybridized carbons (Fsp3) is 0.167. The standard InChI is InChI=1S/C18H13F5N4O2/c1-2-13-16(17(28)24-12-8-7-11(19)14(20)15(12)21)25-26-27(13)9-3-5-10(6-4-9)29-18(22)23/h3-8,18H,2H2,1H3,(H,24,28). The molecule has 0 aliphatic rings. The van der Waals surface area contributed by atoms with Crippen LogP contribution < -0.4 is 10.1 Å². The van der Waals surface area contributed by atoms with Gasteiger partial charge in [0.05, 0.1) is 17.1 Å². The van der Waals surface area contributed by atoms with Crippen molar-refractivity contribution in [3.8, 4) is 11.4 Å². The van der Waals surface area contributed by atoms with Crippen molar-refractivity contribution in [3.63, 3.8) is 0 Å². The minimum Gasteiger partial charge on any atom is -0.435 e. The second-order valence-corrected chi connectivity index (χ2v) is 5.70. The maximum Gasteiger partial charge on any atom is 0.387 e. The van der Waals surface area contributed by atoms with E-state index in [1.54, 1.807) is 6.92 Å². The van der Waals surface area contributed by atoms with Gasteiger partial charge in [-0.1, -0.05) is 12.1 Å². The van der Waals surface area contributed by atoms with E-state index in [1.165, 1.54) is 28.9 Å². The van der Waals surface area contributed by atoms with Gasteiger partial charge >= 0.3 is 6.61 Å². The van der Waals surface area contributed by atoms with Crippen molar-refractivity contribution in [1.29, 1.82) is 0 Å². The van der Waals surface area contributed by atoms with Crippen LogP contribution in [0.15, 0.2) is 36.4 Å². The van der Waals surface area contributed by atoms with Crippen molar-refractivity contribution >= 4 is 11.6 Å². The number of hydrogen-bond donors (Lipinski definition) is 1. The zero-order chi connectivity index (χ0) is 21.1. The Morgan fingerprint density at radius 3 is 2.41 bits per heavy atom. The van der Waals surface area contributed by atoms with E-state index in [9.17, 15) is 26.7 Å². The second-order valence-electron chi connectivity index (χ2n) is 5.70. The molecule has 1 aromatic heterocycles. The molecule has 0 spiro atoms. The minimum atomic E-state index is -2.97. The molecular formula is C18H13F5N4O2. The van der Waals surface area contributed by atoms with Crippen LogP contribution in [0, 0.1) is 17.5 Å². The Bertz CT molecular complexity index is 1040. The van der Waals surface area contributed by atoms with Gasteiger partial charge in [-0.2, -0.15) is 8.78 Å². The molecule has 0 radical (unpaired) electrons. The second kappa shape index (κ2) is 8.25. The van der Waals surface area contributed by atoms with Crippen LogP contribution in [0.25, 0.3) is 5.69 Å². The number of nitrogens with one attached hydrogen (secondary N) is 1. The van der Waals surface area contributed by atoms with Crippen molar-refractivity contribution in [2.24, 2.45) is 0 Å². The smallest absolute Gasteiger partial charge is 0.387 e. The number of hydrogen-bond acceptors (Lipinski definition) is 4. The summed E-state index contributed by atoms with van der Waals surface area (Å²) < 4.78 is 70.2. The molecule has 11 heteroatoms. The first-order chi connectivity index (χ1) is 13.8. The lowest BCUT2D eigenvalue weighted by atomic mass is 10.2. The van der Waals surface area contributed by atoms with Gasteiger partial charge in [0.2, 0.25) is 0 Å². The molecule has 0 aliphatic heterocycles. The molecule has 0 saturated carbocycles. The number of alkyl halides is 2. The third-order valence-corrected chi connectivity index (χ3v) is 3.90. The zero-order valence-electron chi connectivity index (χ0n) is 14.8. The largest absolute Gasteiger partial charge is 0.435 e. The Morgan fingerprint density at radius 1 is 1.10 bits per heavy atom. The van der Waals surface area contributed by atoms with E-state index in [0.29, 0.717) is 17.4 Å². The summed E-state index contributed by atoms with van der Waals surface area (Å²) in [7, 11) is 0. The van der Waals surface area contributed by atoms with E-state index in [0.717, 1.165) is 6.07 Å². The van der Waals surface area contributed by atoms with Gasteiger partial charge in [0.25, 0.3) is 5.91 Å². The first-order valence-electron chi connectivity index (χ1n) is 8.26. The van der Waals surface area contributed by atoms with Gasteiger partial charge in [-0.25, -0.2) is 17.9 Å². The number of anilines is 1. The highest BCUT2D eigenvalue weighted by Gasteiger charge is 2.22. The van der Waals surface area contributed by atoms with Gasteiger partial charge in [-0.3, -0.25) is 4.79 Å². The summed E-state index contributed by atoms with van der Waals surface area (Å²) in [5.41, 5.74) is 0.0191. The quantitative estimate of drug-likeness (QED) is 0.489. The Balaban J connectivity index is 1.87. The maximum atomic E-state index is 13.8. The van der Waals surface area contributed by atoms with Gasteiger partial charge in [0.15, 0.2) is 23.1 Å². The molecule has 3 rings (SSSR count). The summed E-state index contributed by atoms with van der Waals surface area (Å²) in [6.45, 7) is -1.26. The van der Waals surface area contributed by atoms with E-state index in [1.807, 2.05) is 0 Å². The fourth-order valence-electron chi connectivity index (χ4n) is 2.58. The van der Waals surface area contributed by atoms with Crippen LogP contribution in [0.1, 0.15) is 23.1 Å². The molecule has 0 aliphatic carbocycles. The van der Waals surface area contributed by atoms with E-state index in [2.05, 4.69) is 20.4 Å². The SMILES string of the molecule is CCc1c(C(=O)Nc2ccc(F)c(F)c2F)nnn1-c1ccc(OC(F)F)cc1. The molecule has 0 atom stereocenters. The van der Waals surface area contributed by atoms with E-state index in [-0.39, 0.29) is 17.9 Å². The van der Waals surface area contributed by atoms with E-state index < -0.39 is 35.7 Å². The highest BCUT2D eigenvalue weighted by molar-refractivity contribution is 6.03. The van der Waals surface area contributed by atoms with Gasteiger partial charge in [-0.05, 0) is 42.8 Å². The van der Waals surface area contributed by atoms with Crippen LogP contribution in [0.3, 0.4) is 0 Å². The predicted octanol–water partition coefficient (Wildman–Crippen LogP) is 4.10. The normalized spacial score (nSPS) is 11.0. The van der Waals surface area contributed by atoms with Crippen molar-refractivity contribution < 1.29 is 31.5 Å². The average molecular weight is 412 g/mol. The Labute approximate surface area is 160 Å². The average Bonchev–Trinajstić information content (AvgIpc) is 3.12. The molecular weight excluding hydrogens is 399 g/mol. The summed E-state index contributed by atoms with van der Waals surface area (Å²) in [5.74, 6) is -5.59. The molecule has 1 heterocycles. The molecule has 152 valence electrons. The highest BCUT2D eigenvalue weighted by Crippen LogP contribution is 2.22. The lowest BCUT2D eigenvalue weighted by molar-refractivity contribution is -0.0498. The molecule has 1 N–H and O–H groups in total. The summed E-state index contributed by atoms with van der Waals surface area (Å²) >= 11 is 0. The van der Waals surface area contributed by atoms with E-state index >= 15 is 0 Å². The van der Waals surface area contributed by atoms with Gasteiger partial charge in [0.1, 0.15) is 5.75 Å². The fourth-order valence-corrected chi connectivity index (χ4v) is 2.58. The van der Waals surface area contributed by atoms with Crippen molar-refractivity contribution in [2.45, 2.75) is 20.0 Å². The molecule has 3 aromatic rings. The number of halogens is 5. The first-order valence-corrected chi connectivity index (χ1v) is 8.26. The molecule has 0 fully saturated rings. The molecule has 0 unspecified atom stereocenters. The number of nitrogens with zero attached hydrogens (tertiary/aromatic N) is 3. The summed E-state index contributed by atoms with van der Waals surface area (Å²) in [4.78, 5) is 12.4. The minimum absolute atomic E-state index is 0.0614. The topological polar surface area (TPSA) is 69.0 Å². The van der Waals surface area contributed by atoms with Crippen molar-refractivity contribution in [1.82, 2.24) is 15.0 Å². The predicted molar refractivity (Wildman–Crippen MR) is 91.6 cm³/mol. The molecule has 29 heavy (non-hydrogen) atoms. The molecule has 1 amide bonds. The van der Waals surface area contributed by atoms with Crippen LogP contribution in [-0.2, 0) is 6.42 Å². The first kappa shape index (κ1) is 20.2. The summed E-state index contributed by atoms with van der Waals surface area (Å²) in [5, 5.41) is 9.74. The van der Waals surface area contributed by atoms with Crippen molar-refractivity contribution in [2.75, 3.05) is 5.32 Å². The van der Waals surface area contributed by atoms with Crippen LogP contribution >= 0.6 is 0 Å². The van der Waals surface area contributed by atoms with Gasteiger partial charge in [-0.15, -0.1) is 5.10 Å². The van der Waals surface area contributed by atoms with Crippen LogP contribution in [0.4, 0.5) is 27.6 Å². The lowest BCUT2D eigenvalue weighted by Gasteiger charge is -2.09. The number of aromatic nitrogens is 3. The number of rotatable bonds is 6. The monoisotopic (exact) mass is 412 g/mol. The third-order valence-electron chi connectivity index (χ3n) is 3.90. The van der Waals surface area contributed by atoms with Crippen LogP contribution in [0.5, 0.6) is 5.75 Å². The summed E-state index contributed by atoms with van der Waals surface area (Å²) in [6, 6.07) is 7.00. The number of carbonyl (C=O) groups excluding carboxylic acids is 1. The zero-order valence-corrected chi connectivity index (χ0v) is 14.8. The molecule has 0 saturated heterocycles. The van der Waals surface area contributed by atoms with Gasteiger partial charge in [0, 0.05) is 0 Å². The molecule has 2 aromatic carbocycles. The number of benzene rings is 2. The number of amides is 1. The van der Waals surface area contributed by atoms with Crippen LogP contribution in [0.2, 0.25) is 0 Å². The molecule has 6 nitrogen and oxygen atoms in total. The highest BCUT2D eigenvalue weighted by atomic mass is 19.3. The van der Waals surface area contributed by atoms with Gasteiger partial charge < -0.3 is 10.1 Å². The Hall–Kier alpha value is -3.50. The van der Waals surface area contributed by atoms with Crippen molar-refractivity contribution in [3.05, 3.63) is 65.2 Å². The summed E-state index contributed by atoms with van der Waals surface area (Å²) in [6.07, 6.45) is 0.283. The maximum absolute atomic E-state index is 13.8. The molecule has 0 bridgehead atoms. The Kier molecular flexibility index (Phi) is 5.76. The van der Waals surface area contributed by atoms with E-state index in [4.69, 9.17) is 0 Å². The number of carbonyl (C=O) groups is 1. The Morgan fingerprint density at radius 2 is 1.79 bits per heavy atom.